The van der Waals surface area contributed by atoms with Crippen molar-refractivity contribution in [2.75, 3.05) is 6.26 Å². The maximum atomic E-state index is 12.0. The van der Waals surface area contributed by atoms with Crippen molar-refractivity contribution in [1.82, 2.24) is 0 Å². The highest BCUT2D eigenvalue weighted by Gasteiger charge is 2.33. The second-order valence-electron chi connectivity index (χ2n) is 4.27. The Kier molecular flexibility index (Phi) is 4.21. The molecule has 2 unspecified atom stereocenters. The fraction of sp³-hybridized carbons (Fsp3) is 0.188. The number of ketones is 1. The van der Waals surface area contributed by atoms with Crippen LogP contribution in [-0.4, -0.2) is 12.0 Å². The summed E-state index contributed by atoms with van der Waals surface area (Å²) >= 11 is 0. The third-order valence-electron chi connectivity index (χ3n) is 2.94. The zero-order chi connectivity index (χ0) is 13.0. The number of benzene rings is 2. The third kappa shape index (κ3) is 2.82. The number of hydrogen-bond donors (Lipinski definition) is 0. The van der Waals surface area contributed by atoms with Gasteiger partial charge in [-0.3, -0.25) is 4.79 Å². The van der Waals surface area contributed by atoms with Crippen LogP contribution < -0.4 is 0 Å². The van der Waals surface area contributed by atoms with Crippen LogP contribution in [-0.2, 0) is 15.7 Å². The molecule has 92 valence electrons. The summed E-state index contributed by atoms with van der Waals surface area (Å²) in [6.45, 7) is 1.68. The fourth-order valence-electron chi connectivity index (χ4n) is 2.09. The Hall–Kier alpha value is -1.54. The van der Waals surface area contributed by atoms with Gasteiger partial charge in [-0.15, -0.1) is 0 Å². The van der Waals surface area contributed by atoms with Gasteiger partial charge in [0, 0.05) is 23.4 Å². The van der Waals surface area contributed by atoms with Crippen molar-refractivity contribution < 1.29 is 4.79 Å². The van der Waals surface area contributed by atoms with Gasteiger partial charge in [-0.05, 0) is 12.1 Å². The number of rotatable bonds is 4. The maximum absolute atomic E-state index is 12.0. The molecule has 0 fully saturated rings. The van der Waals surface area contributed by atoms with Crippen LogP contribution in [0.5, 0.6) is 0 Å². The quantitative estimate of drug-likeness (QED) is 0.764. The Morgan fingerprint density at radius 1 is 0.944 bits per heavy atom. The van der Waals surface area contributed by atoms with Crippen molar-refractivity contribution in [3.8, 4) is 0 Å². The molecule has 0 aliphatic rings. The SMILES string of the molecule is CC(=O)C(c1ccccc1)[S+](C)c1ccccc1. The summed E-state index contributed by atoms with van der Waals surface area (Å²) < 4.78 is 0. The van der Waals surface area contributed by atoms with Crippen molar-refractivity contribution in [2.24, 2.45) is 0 Å². The van der Waals surface area contributed by atoms with Crippen molar-refractivity contribution >= 4 is 16.7 Å². The number of Topliss-reactive ketones (excluding diaryl/α,β-unsaturated/α-hetero) is 1. The van der Waals surface area contributed by atoms with Crippen molar-refractivity contribution in [3.63, 3.8) is 0 Å². The van der Waals surface area contributed by atoms with E-state index < -0.39 is 0 Å². The smallest absolute Gasteiger partial charge is 0.205 e. The molecule has 0 bridgehead atoms. The first-order chi connectivity index (χ1) is 8.70. The zero-order valence-corrected chi connectivity index (χ0v) is 11.5. The van der Waals surface area contributed by atoms with Gasteiger partial charge in [0.05, 0.1) is 0 Å². The predicted molar refractivity (Wildman–Crippen MR) is 77.9 cm³/mol. The molecule has 2 aromatic rings. The van der Waals surface area contributed by atoms with E-state index in [1.807, 2.05) is 48.5 Å². The Morgan fingerprint density at radius 2 is 1.44 bits per heavy atom. The van der Waals surface area contributed by atoms with E-state index in [-0.39, 0.29) is 21.9 Å². The van der Waals surface area contributed by atoms with E-state index in [2.05, 4.69) is 18.4 Å². The molecule has 0 aromatic heterocycles. The molecular formula is C16H17OS+. The molecule has 0 heterocycles. The highest BCUT2D eigenvalue weighted by molar-refractivity contribution is 7.97. The Morgan fingerprint density at radius 3 is 1.94 bits per heavy atom. The highest BCUT2D eigenvalue weighted by atomic mass is 32.2. The molecule has 2 aromatic carbocycles. The average molecular weight is 257 g/mol. The first kappa shape index (κ1) is 12.9. The normalized spacial score (nSPS) is 13.9. The van der Waals surface area contributed by atoms with Crippen molar-refractivity contribution in [2.45, 2.75) is 17.1 Å². The van der Waals surface area contributed by atoms with E-state index in [9.17, 15) is 4.79 Å². The Balaban J connectivity index is 2.35. The number of hydrogen-bond acceptors (Lipinski definition) is 1. The van der Waals surface area contributed by atoms with Crippen LogP contribution in [0.4, 0.5) is 0 Å². The predicted octanol–water partition coefficient (Wildman–Crippen LogP) is 3.62. The summed E-state index contributed by atoms with van der Waals surface area (Å²) in [5.41, 5.74) is 1.11. The second kappa shape index (κ2) is 5.87. The monoisotopic (exact) mass is 257 g/mol. The maximum Gasteiger partial charge on any atom is 0.205 e. The topological polar surface area (TPSA) is 17.1 Å². The van der Waals surface area contributed by atoms with Crippen LogP contribution in [0.2, 0.25) is 0 Å². The summed E-state index contributed by atoms with van der Waals surface area (Å²) in [6, 6.07) is 20.3. The zero-order valence-electron chi connectivity index (χ0n) is 10.7. The summed E-state index contributed by atoms with van der Waals surface area (Å²) in [5.74, 6) is 0.232. The van der Waals surface area contributed by atoms with E-state index >= 15 is 0 Å². The van der Waals surface area contributed by atoms with Crippen LogP contribution in [0.25, 0.3) is 0 Å². The minimum absolute atomic E-state index is 0.0337. The Labute approximate surface area is 111 Å². The molecule has 2 rings (SSSR count). The summed E-state index contributed by atoms with van der Waals surface area (Å²) in [7, 11) is -0.102. The van der Waals surface area contributed by atoms with Crippen molar-refractivity contribution in [1.29, 1.82) is 0 Å². The van der Waals surface area contributed by atoms with Crippen LogP contribution >= 0.6 is 0 Å². The molecule has 0 radical (unpaired) electrons. The second-order valence-corrected chi connectivity index (χ2v) is 6.33. The summed E-state index contributed by atoms with van der Waals surface area (Å²) in [5, 5.41) is -0.0337. The number of carbonyl (C=O) groups is 1. The van der Waals surface area contributed by atoms with E-state index in [0.717, 1.165) is 5.56 Å². The largest absolute Gasteiger partial charge is 0.294 e. The Bertz CT molecular complexity index is 507. The lowest BCUT2D eigenvalue weighted by atomic mass is 10.1. The fourth-order valence-corrected chi connectivity index (χ4v) is 4.01. The lowest BCUT2D eigenvalue weighted by molar-refractivity contribution is -0.116. The molecule has 1 nitrogen and oxygen atoms in total. The first-order valence-electron chi connectivity index (χ1n) is 5.95. The van der Waals surface area contributed by atoms with Crippen LogP contribution in [0, 0.1) is 0 Å². The van der Waals surface area contributed by atoms with Gasteiger partial charge in [0.2, 0.25) is 5.25 Å². The van der Waals surface area contributed by atoms with Crippen LogP contribution in [0.3, 0.4) is 0 Å². The molecule has 0 N–H and O–H groups in total. The number of carbonyl (C=O) groups excluding carboxylic acids is 1. The van der Waals surface area contributed by atoms with E-state index in [1.165, 1.54) is 4.90 Å². The standard InChI is InChI=1S/C16H17OS/c1-13(17)16(14-9-5-3-6-10-14)18(2)15-11-7-4-8-12-15/h3-12,16H,1-2H3/q+1. The third-order valence-corrected chi connectivity index (χ3v) is 5.27. The van der Waals surface area contributed by atoms with Gasteiger partial charge in [0.25, 0.3) is 0 Å². The van der Waals surface area contributed by atoms with Gasteiger partial charge in [-0.25, -0.2) is 0 Å². The highest BCUT2D eigenvalue weighted by Crippen LogP contribution is 2.29. The molecule has 2 heteroatoms. The van der Waals surface area contributed by atoms with Gasteiger partial charge in [0.15, 0.2) is 10.7 Å². The lowest BCUT2D eigenvalue weighted by Crippen LogP contribution is -2.19. The minimum atomic E-state index is -0.102. The molecular weight excluding hydrogens is 240 g/mol. The van der Waals surface area contributed by atoms with E-state index in [4.69, 9.17) is 0 Å². The van der Waals surface area contributed by atoms with Gasteiger partial charge in [0.1, 0.15) is 6.26 Å². The lowest BCUT2D eigenvalue weighted by Gasteiger charge is -2.13. The minimum Gasteiger partial charge on any atom is -0.294 e. The molecule has 0 aliphatic heterocycles. The first-order valence-corrected chi connectivity index (χ1v) is 7.65. The molecule has 0 spiro atoms. The average Bonchev–Trinajstić information content (AvgIpc) is 2.40. The molecule has 0 saturated heterocycles. The molecule has 2 atom stereocenters. The van der Waals surface area contributed by atoms with E-state index in [1.54, 1.807) is 6.92 Å². The van der Waals surface area contributed by atoms with Gasteiger partial charge in [-0.2, -0.15) is 0 Å². The molecule has 0 saturated carbocycles. The van der Waals surface area contributed by atoms with Gasteiger partial charge >= 0.3 is 0 Å². The molecule has 0 aliphatic carbocycles. The van der Waals surface area contributed by atoms with Gasteiger partial charge < -0.3 is 0 Å². The summed E-state index contributed by atoms with van der Waals surface area (Å²) in [6.07, 6.45) is 2.15. The van der Waals surface area contributed by atoms with E-state index in [0.29, 0.717) is 0 Å². The van der Waals surface area contributed by atoms with Crippen LogP contribution in [0.15, 0.2) is 65.6 Å². The van der Waals surface area contributed by atoms with Gasteiger partial charge in [-0.1, -0.05) is 48.5 Å². The van der Waals surface area contributed by atoms with Crippen LogP contribution in [0.1, 0.15) is 17.7 Å². The van der Waals surface area contributed by atoms with Crippen molar-refractivity contribution in [3.05, 3.63) is 66.2 Å². The summed E-state index contributed by atoms with van der Waals surface area (Å²) in [4.78, 5) is 13.2. The molecule has 18 heavy (non-hydrogen) atoms. The molecule has 0 amide bonds.